The highest BCUT2D eigenvalue weighted by Gasteiger charge is 2.39. The number of benzene rings is 2. The quantitative estimate of drug-likeness (QED) is 0.117. The molecule has 5 aromatic rings. The van der Waals surface area contributed by atoms with Crippen molar-refractivity contribution < 1.29 is 33.4 Å². The van der Waals surface area contributed by atoms with E-state index in [0.717, 1.165) is 64.9 Å². The topological polar surface area (TPSA) is 197 Å². The third kappa shape index (κ3) is 9.12. The molecule has 0 bridgehead atoms. The number of aromatic nitrogens is 5. The first-order valence-electron chi connectivity index (χ1n) is 19.7. The summed E-state index contributed by atoms with van der Waals surface area (Å²) in [5.74, 6) is 0.933. The molecule has 2 saturated heterocycles. The second-order valence-corrected chi connectivity index (χ2v) is 14.7. The summed E-state index contributed by atoms with van der Waals surface area (Å²) in [5.41, 5.74) is 6.53. The van der Waals surface area contributed by atoms with Gasteiger partial charge in [-0.15, -0.1) is 0 Å². The molecule has 4 N–H and O–H groups in total. The first kappa shape index (κ1) is 40.6. The molecule has 0 spiro atoms. The molecule has 3 aromatic heterocycles. The zero-order chi connectivity index (χ0) is 41.5. The third-order valence-corrected chi connectivity index (χ3v) is 11.1. The minimum atomic E-state index is -0.900. The molecular weight excluding hydrogens is 755 g/mol. The number of nitrogens with zero attached hydrogens (tertiary/aromatic N) is 5. The van der Waals surface area contributed by atoms with Crippen LogP contribution < -0.4 is 10.6 Å². The van der Waals surface area contributed by atoms with Crippen LogP contribution in [-0.4, -0.2) is 111 Å². The Balaban J connectivity index is 1.00. The van der Waals surface area contributed by atoms with Crippen molar-refractivity contribution in [3.8, 4) is 33.6 Å². The second kappa shape index (κ2) is 18.4. The van der Waals surface area contributed by atoms with Crippen LogP contribution in [0.2, 0.25) is 0 Å². The number of alkyl carbamates (subject to hydrolysis) is 2. The van der Waals surface area contributed by atoms with Crippen molar-refractivity contribution in [2.75, 3.05) is 34.4 Å². The van der Waals surface area contributed by atoms with Gasteiger partial charge in [0.25, 0.3) is 0 Å². The summed E-state index contributed by atoms with van der Waals surface area (Å²) in [4.78, 5) is 75.5. The molecule has 0 unspecified atom stereocenters. The number of methoxy groups -OCH3 is 3. The maximum absolute atomic E-state index is 13.9. The van der Waals surface area contributed by atoms with Crippen LogP contribution in [0, 0.1) is 0 Å². The van der Waals surface area contributed by atoms with E-state index in [2.05, 4.69) is 54.8 Å². The van der Waals surface area contributed by atoms with E-state index < -0.39 is 30.4 Å². The molecular formula is C43H49N9O7. The van der Waals surface area contributed by atoms with Crippen molar-refractivity contribution in [3.63, 3.8) is 0 Å². The summed E-state index contributed by atoms with van der Waals surface area (Å²) >= 11 is 0. The number of hydrogen-bond acceptors (Lipinski definition) is 10. The first-order valence-corrected chi connectivity index (χ1v) is 19.7. The number of carbonyl (C=O) groups excluding carboxylic acids is 4. The van der Waals surface area contributed by atoms with Crippen molar-refractivity contribution in [3.05, 3.63) is 103 Å². The van der Waals surface area contributed by atoms with Gasteiger partial charge in [0.05, 0.1) is 56.2 Å². The van der Waals surface area contributed by atoms with Crippen LogP contribution in [0.15, 0.2) is 85.5 Å². The molecule has 2 aliphatic heterocycles. The van der Waals surface area contributed by atoms with Gasteiger partial charge >= 0.3 is 12.2 Å². The fraction of sp³-hybridized carbons (Fsp3) is 0.372. The minimum absolute atomic E-state index is 0.194. The van der Waals surface area contributed by atoms with Crippen molar-refractivity contribution in [1.29, 1.82) is 0 Å². The molecule has 16 heteroatoms. The van der Waals surface area contributed by atoms with Gasteiger partial charge < -0.3 is 44.6 Å². The van der Waals surface area contributed by atoms with Crippen molar-refractivity contribution in [1.82, 2.24) is 45.4 Å². The number of H-pyrrole nitrogens is 2. The fourth-order valence-corrected chi connectivity index (χ4v) is 7.86. The van der Waals surface area contributed by atoms with E-state index in [4.69, 9.17) is 19.2 Å². The average molecular weight is 804 g/mol. The van der Waals surface area contributed by atoms with Gasteiger partial charge in [0, 0.05) is 39.0 Å². The minimum Gasteiger partial charge on any atom is -0.453 e. The van der Waals surface area contributed by atoms with E-state index in [1.54, 1.807) is 41.5 Å². The maximum Gasteiger partial charge on any atom is 0.407 e. The van der Waals surface area contributed by atoms with E-state index >= 15 is 0 Å². The van der Waals surface area contributed by atoms with Gasteiger partial charge in [0.2, 0.25) is 11.8 Å². The molecule has 0 saturated carbocycles. The monoisotopic (exact) mass is 803 g/mol. The number of hydrogen-bond donors (Lipinski definition) is 4. The van der Waals surface area contributed by atoms with Crippen LogP contribution in [0.5, 0.6) is 0 Å². The number of imidazole rings is 2. The number of amides is 4. The van der Waals surface area contributed by atoms with Crippen molar-refractivity contribution in [2.45, 2.75) is 69.3 Å². The molecule has 0 radical (unpaired) electrons. The Morgan fingerprint density at radius 1 is 0.695 bits per heavy atom. The molecule has 2 aromatic carbocycles. The summed E-state index contributed by atoms with van der Waals surface area (Å²) in [5, 5.41) is 5.34. The van der Waals surface area contributed by atoms with Crippen molar-refractivity contribution >= 4 is 24.0 Å². The van der Waals surface area contributed by atoms with Gasteiger partial charge in [0.1, 0.15) is 23.7 Å². The van der Waals surface area contributed by atoms with E-state index in [9.17, 15) is 19.2 Å². The Kier molecular flexibility index (Phi) is 12.6. The zero-order valence-electron chi connectivity index (χ0n) is 33.5. The van der Waals surface area contributed by atoms with Crippen LogP contribution in [0.1, 0.15) is 61.9 Å². The third-order valence-electron chi connectivity index (χ3n) is 11.1. The molecule has 5 atom stereocenters. The van der Waals surface area contributed by atoms with E-state index in [-0.39, 0.29) is 23.9 Å². The number of pyridine rings is 1. The Labute approximate surface area is 342 Å². The highest BCUT2D eigenvalue weighted by atomic mass is 16.5. The van der Waals surface area contributed by atoms with E-state index in [0.29, 0.717) is 31.2 Å². The molecule has 16 nitrogen and oxygen atoms in total. The lowest BCUT2D eigenvalue weighted by Gasteiger charge is -2.30. The maximum atomic E-state index is 13.9. The Morgan fingerprint density at radius 3 is 1.66 bits per heavy atom. The Hall–Kier alpha value is -6.55. The van der Waals surface area contributed by atoms with E-state index in [1.165, 1.54) is 21.3 Å². The largest absolute Gasteiger partial charge is 0.453 e. The summed E-state index contributed by atoms with van der Waals surface area (Å²) in [6.07, 6.45) is 8.38. The molecule has 5 heterocycles. The Bertz CT molecular complexity index is 2230. The molecule has 0 aliphatic carbocycles. The Morgan fingerprint density at radius 2 is 1.17 bits per heavy atom. The first-order chi connectivity index (χ1) is 28.7. The second-order valence-electron chi connectivity index (χ2n) is 14.7. The summed E-state index contributed by atoms with van der Waals surface area (Å²) in [6, 6.07) is 17.8. The molecule has 308 valence electrons. The lowest BCUT2D eigenvalue weighted by atomic mass is 10.0. The average Bonchev–Trinajstić information content (AvgIpc) is 4.12. The van der Waals surface area contributed by atoms with Crippen LogP contribution in [0.3, 0.4) is 0 Å². The number of likely N-dealkylation sites (tertiary alicyclic amines) is 2. The summed E-state index contributed by atoms with van der Waals surface area (Å²) < 4.78 is 15.0. The lowest BCUT2D eigenvalue weighted by molar-refractivity contribution is -0.137. The van der Waals surface area contributed by atoms with Gasteiger partial charge in [-0.2, -0.15) is 0 Å². The predicted molar refractivity (Wildman–Crippen MR) is 217 cm³/mol. The normalized spacial score (nSPS) is 17.9. The smallest absolute Gasteiger partial charge is 0.407 e. The fourth-order valence-electron chi connectivity index (χ4n) is 7.86. The SMILES string of the molecule is COC(=O)N[C@@H](Cc1ccncc1)C(=O)N1CCC[C@H]1c1ncc(-c2ccc(-c3ccc(-c4cnc([C@@H]5CCCN5C(=O)[C@@H](NC(=O)OC)[C@@H](C)OC)[nH]4)cc3)cc2)[nH]1. The van der Waals surface area contributed by atoms with Crippen LogP contribution in [-0.2, 0) is 30.2 Å². The molecule has 59 heavy (non-hydrogen) atoms. The molecule has 2 aliphatic rings. The van der Waals surface area contributed by atoms with Crippen LogP contribution in [0.4, 0.5) is 9.59 Å². The van der Waals surface area contributed by atoms with Crippen molar-refractivity contribution in [2.24, 2.45) is 0 Å². The van der Waals surface area contributed by atoms with Crippen LogP contribution >= 0.6 is 0 Å². The summed E-state index contributed by atoms with van der Waals surface area (Å²) in [7, 11) is 4.03. The van der Waals surface area contributed by atoms with Gasteiger partial charge in [-0.05, 0) is 72.6 Å². The predicted octanol–water partition coefficient (Wildman–Crippen LogP) is 5.58. The van der Waals surface area contributed by atoms with Gasteiger partial charge in [-0.1, -0.05) is 48.5 Å². The van der Waals surface area contributed by atoms with Gasteiger partial charge in [-0.3, -0.25) is 14.6 Å². The highest BCUT2D eigenvalue weighted by Crippen LogP contribution is 2.35. The zero-order valence-corrected chi connectivity index (χ0v) is 33.5. The number of nitrogens with one attached hydrogen (secondary N) is 4. The van der Waals surface area contributed by atoms with Crippen LogP contribution in [0.25, 0.3) is 33.6 Å². The van der Waals surface area contributed by atoms with Gasteiger partial charge in [0.15, 0.2) is 0 Å². The molecule has 7 rings (SSSR count). The van der Waals surface area contributed by atoms with Gasteiger partial charge in [-0.25, -0.2) is 19.6 Å². The number of aromatic amines is 2. The molecule has 4 amide bonds. The highest BCUT2D eigenvalue weighted by molar-refractivity contribution is 5.87. The summed E-state index contributed by atoms with van der Waals surface area (Å²) in [6.45, 7) is 2.82. The lowest BCUT2D eigenvalue weighted by Crippen LogP contribution is -2.54. The number of rotatable bonds is 13. The van der Waals surface area contributed by atoms with E-state index in [1.807, 2.05) is 36.4 Å². The standard InChI is InChI=1S/C43H49N9O7/c1-26(57-2)37(50-43(56)59-4)41(54)52-22-6-8-36(52)39-46-25-34(48-39)31-15-11-29(12-16-31)28-9-13-30(14-10-28)33-24-45-38(47-33)35-7-5-21-51(35)40(53)32(49-42(55)58-3)23-27-17-19-44-20-18-27/h9-20,24-26,32,35-37H,5-8,21-23H2,1-4H3,(H,45,47)(H,46,48)(H,49,55)(H,50,56)/t26-,32+,35+,36+,37+/m1/s1. The number of ether oxygens (including phenoxy) is 3. The molecule has 2 fully saturated rings. The number of carbonyl (C=O) groups is 4.